The molecular formula is C12H18F3N3. The van der Waals surface area contributed by atoms with Crippen LogP contribution in [0, 0.1) is 0 Å². The fourth-order valence-corrected chi connectivity index (χ4v) is 1.73. The van der Waals surface area contributed by atoms with Crippen molar-refractivity contribution in [1.29, 1.82) is 0 Å². The second kappa shape index (κ2) is 5.48. The van der Waals surface area contributed by atoms with Crippen molar-refractivity contribution in [2.45, 2.75) is 19.1 Å². The van der Waals surface area contributed by atoms with Crippen molar-refractivity contribution >= 4 is 11.4 Å². The first-order chi connectivity index (χ1) is 8.20. The molecule has 18 heavy (non-hydrogen) atoms. The SMILES string of the molecule is CC(CN(C)C)Nc1ccc(C(F)(F)F)cc1N. The van der Waals surface area contributed by atoms with E-state index in [2.05, 4.69) is 5.32 Å². The summed E-state index contributed by atoms with van der Waals surface area (Å²) >= 11 is 0. The summed E-state index contributed by atoms with van der Waals surface area (Å²) in [5.41, 5.74) is 5.52. The van der Waals surface area contributed by atoms with Crippen LogP contribution in [0.1, 0.15) is 12.5 Å². The quantitative estimate of drug-likeness (QED) is 0.819. The van der Waals surface area contributed by atoms with E-state index in [0.29, 0.717) is 5.69 Å². The van der Waals surface area contributed by atoms with Gasteiger partial charge in [-0.1, -0.05) is 0 Å². The van der Waals surface area contributed by atoms with Crippen LogP contribution in [0.15, 0.2) is 18.2 Å². The highest BCUT2D eigenvalue weighted by molar-refractivity contribution is 5.67. The zero-order valence-electron chi connectivity index (χ0n) is 10.7. The first-order valence-electron chi connectivity index (χ1n) is 5.58. The topological polar surface area (TPSA) is 41.3 Å². The Morgan fingerprint density at radius 1 is 1.33 bits per heavy atom. The number of nitrogens with one attached hydrogen (secondary N) is 1. The average molecular weight is 261 g/mol. The number of hydrogen-bond donors (Lipinski definition) is 2. The van der Waals surface area contributed by atoms with E-state index in [4.69, 9.17) is 5.73 Å². The number of anilines is 2. The second-order valence-electron chi connectivity index (χ2n) is 4.61. The van der Waals surface area contributed by atoms with E-state index in [1.807, 2.05) is 25.9 Å². The summed E-state index contributed by atoms with van der Waals surface area (Å²) < 4.78 is 37.4. The minimum atomic E-state index is -4.36. The Balaban J connectivity index is 2.80. The lowest BCUT2D eigenvalue weighted by Crippen LogP contribution is -2.29. The Kier molecular flexibility index (Phi) is 4.45. The molecule has 0 bridgehead atoms. The maximum Gasteiger partial charge on any atom is 0.416 e. The molecule has 1 unspecified atom stereocenters. The fraction of sp³-hybridized carbons (Fsp3) is 0.500. The smallest absolute Gasteiger partial charge is 0.397 e. The highest BCUT2D eigenvalue weighted by Gasteiger charge is 2.30. The van der Waals surface area contributed by atoms with Crippen LogP contribution in [0.2, 0.25) is 0 Å². The van der Waals surface area contributed by atoms with Gasteiger partial charge in [0.25, 0.3) is 0 Å². The number of nitrogens with zero attached hydrogens (tertiary/aromatic N) is 1. The van der Waals surface area contributed by atoms with E-state index in [1.165, 1.54) is 6.07 Å². The van der Waals surface area contributed by atoms with Crippen molar-refractivity contribution in [1.82, 2.24) is 4.90 Å². The number of benzene rings is 1. The number of rotatable bonds is 4. The molecule has 0 spiro atoms. The highest BCUT2D eigenvalue weighted by atomic mass is 19.4. The molecule has 0 aliphatic carbocycles. The Bertz CT molecular complexity index is 402. The van der Waals surface area contributed by atoms with Gasteiger partial charge in [-0.15, -0.1) is 0 Å². The molecule has 0 aliphatic rings. The molecule has 1 aromatic rings. The molecule has 6 heteroatoms. The molecule has 3 nitrogen and oxygen atoms in total. The van der Waals surface area contributed by atoms with Gasteiger partial charge < -0.3 is 16.0 Å². The molecule has 0 heterocycles. The number of alkyl halides is 3. The van der Waals surface area contributed by atoms with E-state index in [1.54, 1.807) is 0 Å². The van der Waals surface area contributed by atoms with Gasteiger partial charge >= 0.3 is 6.18 Å². The van der Waals surface area contributed by atoms with Crippen LogP contribution >= 0.6 is 0 Å². The van der Waals surface area contributed by atoms with E-state index >= 15 is 0 Å². The molecule has 3 N–H and O–H groups in total. The van der Waals surface area contributed by atoms with Crippen molar-refractivity contribution in [2.75, 3.05) is 31.7 Å². The van der Waals surface area contributed by atoms with Crippen LogP contribution in [-0.4, -0.2) is 31.6 Å². The van der Waals surface area contributed by atoms with Crippen LogP contribution in [0.4, 0.5) is 24.5 Å². The number of likely N-dealkylation sites (N-methyl/N-ethyl adjacent to an activating group) is 1. The van der Waals surface area contributed by atoms with Crippen LogP contribution in [0.3, 0.4) is 0 Å². The Morgan fingerprint density at radius 2 is 1.94 bits per heavy atom. The van der Waals surface area contributed by atoms with Crippen LogP contribution in [0.5, 0.6) is 0 Å². The summed E-state index contributed by atoms with van der Waals surface area (Å²) in [6, 6.07) is 3.44. The summed E-state index contributed by atoms with van der Waals surface area (Å²) in [6.45, 7) is 2.71. The lowest BCUT2D eigenvalue weighted by Gasteiger charge is -2.21. The van der Waals surface area contributed by atoms with Gasteiger partial charge in [0.15, 0.2) is 0 Å². The number of halogens is 3. The summed E-state index contributed by atoms with van der Waals surface area (Å²) in [6.07, 6.45) is -4.36. The zero-order valence-corrected chi connectivity index (χ0v) is 10.7. The van der Waals surface area contributed by atoms with Crippen molar-refractivity contribution < 1.29 is 13.2 Å². The normalized spacial score (nSPS) is 13.7. The molecule has 0 fully saturated rings. The second-order valence-corrected chi connectivity index (χ2v) is 4.61. The number of nitrogen functional groups attached to an aromatic ring is 1. The highest BCUT2D eigenvalue weighted by Crippen LogP contribution is 2.32. The maximum atomic E-state index is 12.5. The molecule has 0 aromatic heterocycles. The molecule has 0 aliphatic heterocycles. The molecule has 0 saturated carbocycles. The third-order valence-corrected chi connectivity index (χ3v) is 2.42. The molecule has 0 radical (unpaired) electrons. The van der Waals surface area contributed by atoms with Gasteiger partial charge in [0, 0.05) is 12.6 Å². The van der Waals surface area contributed by atoms with Gasteiger partial charge in [-0.2, -0.15) is 13.2 Å². The van der Waals surface area contributed by atoms with Crippen molar-refractivity contribution in [3.8, 4) is 0 Å². The lowest BCUT2D eigenvalue weighted by molar-refractivity contribution is -0.137. The van der Waals surface area contributed by atoms with E-state index in [-0.39, 0.29) is 11.7 Å². The number of nitrogens with two attached hydrogens (primary N) is 1. The predicted octanol–water partition coefficient (Wildman–Crippen LogP) is 2.65. The molecule has 0 saturated heterocycles. The van der Waals surface area contributed by atoms with Gasteiger partial charge in [-0.3, -0.25) is 0 Å². The Morgan fingerprint density at radius 3 is 2.39 bits per heavy atom. The lowest BCUT2D eigenvalue weighted by atomic mass is 10.1. The largest absolute Gasteiger partial charge is 0.416 e. The van der Waals surface area contributed by atoms with E-state index in [9.17, 15) is 13.2 Å². The maximum absolute atomic E-state index is 12.5. The average Bonchev–Trinajstić information content (AvgIpc) is 2.18. The molecule has 1 atom stereocenters. The molecule has 1 rings (SSSR count). The molecular weight excluding hydrogens is 243 g/mol. The first kappa shape index (κ1) is 14.6. The van der Waals surface area contributed by atoms with Crippen LogP contribution < -0.4 is 11.1 Å². The molecule has 102 valence electrons. The summed E-state index contributed by atoms with van der Waals surface area (Å²) in [7, 11) is 3.85. The van der Waals surface area contributed by atoms with Crippen molar-refractivity contribution in [2.24, 2.45) is 0 Å². The van der Waals surface area contributed by atoms with E-state index in [0.717, 1.165) is 18.7 Å². The Hall–Kier alpha value is -1.43. The van der Waals surface area contributed by atoms with Gasteiger partial charge in [-0.05, 0) is 39.2 Å². The van der Waals surface area contributed by atoms with Gasteiger partial charge in [0.2, 0.25) is 0 Å². The molecule has 1 aromatic carbocycles. The minimum absolute atomic E-state index is 0.0963. The third kappa shape index (κ3) is 4.10. The standard InChI is InChI=1S/C12H18F3N3/c1-8(7-18(2)3)17-11-5-4-9(6-10(11)16)12(13,14)15/h4-6,8,17H,7,16H2,1-3H3. The monoisotopic (exact) mass is 261 g/mol. The fourth-order valence-electron chi connectivity index (χ4n) is 1.73. The summed E-state index contributed by atoms with van der Waals surface area (Å²) in [4.78, 5) is 1.98. The predicted molar refractivity (Wildman–Crippen MR) is 67.5 cm³/mol. The summed E-state index contributed by atoms with van der Waals surface area (Å²) in [5, 5.41) is 3.09. The van der Waals surface area contributed by atoms with Crippen LogP contribution in [0.25, 0.3) is 0 Å². The first-order valence-corrected chi connectivity index (χ1v) is 5.58. The zero-order chi connectivity index (χ0) is 13.9. The van der Waals surface area contributed by atoms with Gasteiger partial charge in [-0.25, -0.2) is 0 Å². The minimum Gasteiger partial charge on any atom is -0.397 e. The van der Waals surface area contributed by atoms with E-state index < -0.39 is 11.7 Å². The summed E-state index contributed by atoms with van der Waals surface area (Å²) in [5.74, 6) is 0. The van der Waals surface area contributed by atoms with Crippen molar-refractivity contribution in [3.05, 3.63) is 23.8 Å². The van der Waals surface area contributed by atoms with Crippen molar-refractivity contribution in [3.63, 3.8) is 0 Å². The van der Waals surface area contributed by atoms with Gasteiger partial charge in [0.1, 0.15) is 0 Å². The Labute approximate surface area is 105 Å². The number of hydrogen-bond acceptors (Lipinski definition) is 3. The van der Waals surface area contributed by atoms with Crippen LogP contribution in [-0.2, 0) is 6.18 Å². The van der Waals surface area contributed by atoms with Gasteiger partial charge in [0.05, 0.1) is 16.9 Å². The molecule has 0 amide bonds. The third-order valence-electron chi connectivity index (χ3n) is 2.42.